The van der Waals surface area contributed by atoms with Crippen LogP contribution >= 0.6 is 0 Å². The molecule has 0 saturated carbocycles. The number of nitrogens with one attached hydrogen (secondary N) is 1. The molecule has 118 valence electrons. The number of benzene rings is 1. The van der Waals surface area contributed by atoms with Crippen LogP contribution < -0.4 is 10.1 Å². The van der Waals surface area contributed by atoms with Crippen LogP contribution in [0.2, 0.25) is 0 Å². The summed E-state index contributed by atoms with van der Waals surface area (Å²) < 4.78 is 17.9. The Morgan fingerprint density at radius 3 is 2.86 bits per heavy atom. The summed E-state index contributed by atoms with van der Waals surface area (Å²) in [7, 11) is 0.957. The van der Waals surface area contributed by atoms with Gasteiger partial charge in [-0.2, -0.15) is 0 Å². The van der Waals surface area contributed by atoms with E-state index in [9.17, 15) is 4.21 Å². The van der Waals surface area contributed by atoms with E-state index in [2.05, 4.69) is 31.3 Å². The summed E-state index contributed by atoms with van der Waals surface area (Å²) in [6.45, 7) is 5.17. The SMILES string of the molecule is CCCCS(=O)C1CCc2cc(OC)ccc2C1NCC. The van der Waals surface area contributed by atoms with Gasteiger partial charge in [-0.25, -0.2) is 0 Å². The number of fused-ring (bicyclic) bond motifs is 1. The van der Waals surface area contributed by atoms with Crippen molar-refractivity contribution in [3.05, 3.63) is 29.3 Å². The molecule has 0 heterocycles. The zero-order chi connectivity index (χ0) is 15.2. The van der Waals surface area contributed by atoms with Crippen molar-refractivity contribution in [2.24, 2.45) is 0 Å². The Morgan fingerprint density at radius 1 is 1.38 bits per heavy atom. The smallest absolute Gasteiger partial charge is 0.119 e. The van der Waals surface area contributed by atoms with Crippen molar-refractivity contribution in [2.45, 2.75) is 50.8 Å². The van der Waals surface area contributed by atoms with Crippen LogP contribution in [-0.2, 0) is 17.2 Å². The van der Waals surface area contributed by atoms with E-state index in [4.69, 9.17) is 4.74 Å². The maximum Gasteiger partial charge on any atom is 0.119 e. The lowest BCUT2D eigenvalue weighted by Gasteiger charge is -2.34. The number of aryl methyl sites for hydroxylation is 1. The number of ether oxygens (including phenoxy) is 1. The summed E-state index contributed by atoms with van der Waals surface area (Å²) in [6.07, 6.45) is 4.15. The lowest BCUT2D eigenvalue weighted by Crippen LogP contribution is -2.39. The van der Waals surface area contributed by atoms with Crippen molar-refractivity contribution in [3.8, 4) is 5.75 Å². The molecule has 0 fully saturated rings. The minimum Gasteiger partial charge on any atom is -0.497 e. The molecule has 21 heavy (non-hydrogen) atoms. The zero-order valence-electron chi connectivity index (χ0n) is 13.4. The first kappa shape index (κ1) is 16.5. The molecule has 3 unspecified atom stereocenters. The first-order chi connectivity index (χ1) is 10.2. The first-order valence-electron chi connectivity index (χ1n) is 7.98. The molecular weight excluding hydrogens is 282 g/mol. The van der Waals surface area contributed by atoms with Crippen molar-refractivity contribution < 1.29 is 8.95 Å². The summed E-state index contributed by atoms with van der Waals surface area (Å²) in [5.41, 5.74) is 2.64. The maximum absolute atomic E-state index is 12.6. The third kappa shape index (κ3) is 3.86. The Labute approximate surface area is 130 Å². The lowest BCUT2D eigenvalue weighted by atomic mass is 9.87. The van der Waals surface area contributed by atoms with Crippen molar-refractivity contribution in [3.63, 3.8) is 0 Å². The number of unbranched alkanes of at least 4 members (excludes halogenated alkanes) is 1. The van der Waals surface area contributed by atoms with E-state index in [1.165, 1.54) is 11.1 Å². The molecule has 0 saturated heterocycles. The van der Waals surface area contributed by atoms with Crippen LogP contribution in [0.4, 0.5) is 0 Å². The van der Waals surface area contributed by atoms with E-state index in [-0.39, 0.29) is 11.3 Å². The third-order valence-corrected chi connectivity index (χ3v) is 6.09. The van der Waals surface area contributed by atoms with Gasteiger partial charge in [0.25, 0.3) is 0 Å². The molecule has 1 N–H and O–H groups in total. The van der Waals surface area contributed by atoms with Crippen LogP contribution in [-0.4, -0.2) is 28.9 Å². The molecule has 4 heteroatoms. The predicted molar refractivity (Wildman–Crippen MR) is 89.4 cm³/mol. The fourth-order valence-electron chi connectivity index (χ4n) is 3.08. The summed E-state index contributed by atoms with van der Waals surface area (Å²) in [5.74, 6) is 1.74. The van der Waals surface area contributed by atoms with Gasteiger partial charge in [-0.3, -0.25) is 4.21 Å². The number of methoxy groups -OCH3 is 1. The summed E-state index contributed by atoms with van der Waals surface area (Å²) in [5, 5.41) is 3.79. The average molecular weight is 309 g/mol. The minimum absolute atomic E-state index is 0.211. The molecule has 0 spiro atoms. The zero-order valence-corrected chi connectivity index (χ0v) is 14.2. The lowest BCUT2D eigenvalue weighted by molar-refractivity contribution is 0.411. The van der Waals surface area contributed by atoms with Gasteiger partial charge < -0.3 is 10.1 Å². The second-order valence-corrected chi connectivity index (χ2v) is 7.39. The standard InChI is InChI=1S/C17H27NO2S/c1-4-6-11-21(19)16-10-7-13-12-14(20-3)8-9-15(13)17(16)18-5-2/h8-9,12,16-18H,4-7,10-11H2,1-3H3. The van der Waals surface area contributed by atoms with Crippen LogP contribution in [0.5, 0.6) is 5.75 Å². The highest BCUT2D eigenvalue weighted by Gasteiger charge is 2.32. The summed E-state index contributed by atoms with van der Waals surface area (Å²) in [4.78, 5) is 0. The van der Waals surface area contributed by atoms with Gasteiger partial charge in [0.15, 0.2) is 0 Å². The van der Waals surface area contributed by atoms with Gasteiger partial charge in [-0.15, -0.1) is 0 Å². The molecule has 3 nitrogen and oxygen atoms in total. The van der Waals surface area contributed by atoms with E-state index >= 15 is 0 Å². The van der Waals surface area contributed by atoms with Crippen LogP contribution in [0.3, 0.4) is 0 Å². The Bertz CT molecular complexity index is 490. The fourth-order valence-corrected chi connectivity index (χ4v) is 4.88. The molecule has 1 aliphatic rings. The first-order valence-corrected chi connectivity index (χ1v) is 9.36. The van der Waals surface area contributed by atoms with Crippen molar-refractivity contribution in [2.75, 3.05) is 19.4 Å². The van der Waals surface area contributed by atoms with Gasteiger partial charge in [0.2, 0.25) is 0 Å². The van der Waals surface area contributed by atoms with Gasteiger partial charge in [0.05, 0.1) is 12.4 Å². The van der Waals surface area contributed by atoms with Crippen LogP contribution in [0.25, 0.3) is 0 Å². The van der Waals surface area contributed by atoms with E-state index in [0.29, 0.717) is 0 Å². The highest BCUT2D eigenvalue weighted by molar-refractivity contribution is 7.85. The third-order valence-electron chi connectivity index (χ3n) is 4.22. The molecule has 0 bridgehead atoms. The van der Waals surface area contributed by atoms with Gasteiger partial charge in [-0.05, 0) is 49.1 Å². The average Bonchev–Trinajstić information content (AvgIpc) is 2.52. The second-order valence-electron chi connectivity index (χ2n) is 5.62. The van der Waals surface area contributed by atoms with Gasteiger partial charge in [0, 0.05) is 22.6 Å². The van der Waals surface area contributed by atoms with E-state index in [1.54, 1.807) is 7.11 Å². The largest absolute Gasteiger partial charge is 0.497 e. The molecule has 0 radical (unpaired) electrons. The number of hydrogen-bond donors (Lipinski definition) is 1. The molecule has 0 aromatic heterocycles. The Balaban J connectivity index is 2.23. The van der Waals surface area contributed by atoms with E-state index in [0.717, 1.165) is 43.7 Å². The van der Waals surface area contributed by atoms with Crippen LogP contribution in [0.1, 0.15) is 50.3 Å². The predicted octanol–water partition coefficient (Wildman–Crippen LogP) is 3.21. The van der Waals surface area contributed by atoms with E-state index in [1.807, 2.05) is 6.07 Å². The summed E-state index contributed by atoms with van der Waals surface area (Å²) >= 11 is 0. The normalized spacial score (nSPS) is 22.6. The second kappa shape index (κ2) is 7.95. The van der Waals surface area contributed by atoms with Gasteiger partial charge in [0.1, 0.15) is 5.75 Å². The fraction of sp³-hybridized carbons (Fsp3) is 0.647. The maximum atomic E-state index is 12.6. The van der Waals surface area contributed by atoms with Crippen LogP contribution in [0, 0.1) is 0 Å². The highest BCUT2D eigenvalue weighted by atomic mass is 32.2. The number of hydrogen-bond acceptors (Lipinski definition) is 3. The topological polar surface area (TPSA) is 38.3 Å². The van der Waals surface area contributed by atoms with Gasteiger partial charge >= 0.3 is 0 Å². The van der Waals surface area contributed by atoms with E-state index < -0.39 is 10.8 Å². The Morgan fingerprint density at radius 2 is 2.19 bits per heavy atom. The van der Waals surface area contributed by atoms with Crippen molar-refractivity contribution in [1.82, 2.24) is 5.32 Å². The minimum atomic E-state index is -0.746. The Kier molecular flexibility index (Phi) is 6.24. The molecule has 2 rings (SSSR count). The molecule has 0 aliphatic heterocycles. The molecule has 1 aliphatic carbocycles. The Hall–Kier alpha value is -0.870. The molecule has 1 aromatic rings. The van der Waals surface area contributed by atoms with Crippen molar-refractivity contribution in [1.29, 1.82) is 0 Å². The molecular formula is C17H27NO2S. The highest BCUT2D eigenvalue weighted by Crippen LogP contribution is 2.35. The molecule has 0 amide bonds. The van der Waals surface area contributed by atoms with Crippen LogP contribution in [0.15, 0.2) is 18.2 Å². The van der Waals surface area contributed by atoms with Crippen molar-refractivity contribution >= 4 is 10.8 Å². The molecule has 1 aromatic carbocycles. The monoisotopic (exact) mass is 309 g/mol. The quantitative estimate of drug-likeness (QED) is 0.840. The number of rotatable bonds is 7. The van der Waals surface area contributed by atoms with Gasteiger partial charge in [-0.1, -0.05) is 26.3 Å². The molecule has 3 atom stereocenters. The summed E-state index contributed by atoms with van der Waals surface area (Å²) in [6, 6.07) is 6.50.